The molecule has 2 saturated heterocycles. The maximum Gasteiger partial charge on any atom is 0.245 e. The standard InChI is InChI=1S/C19H23N7O2/c1-2-8-20-14(6-1)13-27-15-7-5-11-26(12-15)19-18(25-9-3-4-10-25)21-16-17(22-19)24-28-23-16/h1-2,6,8,15H,3-5,7,9-13H2/t15-/m1/s1. The summed E-state index contributed by atoms with van der Waals surface area (Å²) in [5.41, 5.74) is 1.87. The smallest absolute Gasteiger partial charge is 0.245 e. The Balaban J connectivity index is 1.37. The molecule has 0 unspecified atom stereocenters. The molecule has 0 radical (unpaired) electrons. The molecule has 3 aromatic rings. The Morgan fingerprint density at radius 3 is 2.46 bits per heavy atom. The molecule has 2 aliphatic heterocycles. The number of anilines is 2. The van der Waals surface area contributed by atoms with Gasteiger partial charge in [0, 0.05) is 32.4 Å². The predicted molar refractivity (Wildman–Crippen MR) is 103 cm³/mol. The average molecular weight is 381 g/mol. The monoisotopic (exact) mass is 381 g/mol. The van der Waals surface area contributed by atoms with Crippen LogP contribution in [0.3, 0.4) is 0 Å². The topological polar surface area (TPSA) is 93.3 Å². The van der Waals surface area contributed by atoms with Gasteiger partial charge >= 0.3 is 0 Å². The molecule has 1 atom stereocenters. The van der Waals surface area contributed by atoms with Gasteiger partial charge in [-0.1, -0.05) is 6.07 Å². The molecule has 28 heavy (non-hydrogen) atoms. The van der Waals surface area contributed by atoms with Crippen LogP contribution in [0.2, 0.25) is 0 Å². The first-order chi connectivity index (χ1) is 13.9. The van der Waals surface area contributed by atoms with E-state index in [9.17, 15) is 0 Å². The van der Waals surface area contributed by atoms with E-state index in [0.717, 1.165) is 56.4 Å². The Bertz CT molecular complexity index is 926. The van der Waals surface area contributed by atoms with E-state index in [-0.39, 0.29) is 6.10 Å². The zero-order valence-corrected chi connectivity index (χ0v) is 15.7. The fraction of sp³-hybridized carbons (Fsp3) is 0.526. The van der Waals surface area contributed by atoms with Crippen molar-refractivity contribution in [1.29, 1.82) is 0 Å². The van der Waals surface area contributed by atoms with Gasteiger partial charge < -0.3 is 14.5 Å². The Kier molecular flexibility index (Phi) is 4.74. The summed E-state index contributed by atoms with van der Waals surface area (Å²) in [5.74, 6) is 1.74. The molecule has 0 N–H and O–H groups in total. The van der Waals surface area contributed by atoms with Crippen LogP contribution in [0.25, 0.3) is 11.3 Å². The zero-order chi connectivity index (χ0) is 18.8. The normalized spacial score (nSPS) is 20.2. The molecular weight excluding hydrogens is 358 g/mol. The number of aromatic nitrogens is 5. The van der Waals surface area contributed by atoms with Gasteiger partial charge in [-0.05, 0) is 48.1 Å². The van der Waals surface area contributed by atoms with Crippen LogP contribution in [-0.4, -0.2) is 57.5 Å². The summed E-state index contributed by atoms with van der Waals surface area (Å²) in [4.78, 5) is 18.4. The highest BCUT2D eigenvalue weighted by Crippen LogP contribution is 2.32. The van der Waals surface area contributed by atoms with Gasteiger partial charge in [-0.15, -0.1) is 0 Å². The molecule has 146 valence electrons. The quantitative estimate of drug-likeness (QED) is 0.659. The van der Waals surface area contributed by atoms with Gasteiger partial charge in [0.05, 0.1) is 18.4 Å². The molecule has 0 aliphatic carbocycles. The minimum absolute atomic E-state index is 0.134. The molecule has 0 amide bonds. The van der Waals surface area contributed by atoms with E-state index >= 15 is 0 Å². The van der Waals surface area contributed by atoms with E-state index in [1.54, 1.807) is 6.20 Å². The minimum atomic E-state index is 0.134. The summed E-state index contributed by atoms with van der Waals surface area (Å²) in [5, 5.41) is 7.77. The molecule has 5 rings (SSSR count). The molecule has 2 aliphatic rings. The van der Waals surface area contributed by atoms with Gasteiger partial charge in [0.1, 0.15) is 0 Å². The number of ether oxygens (including phenoxy) is 1. The summed E-state index contributed by atoms with van der Waals surface area (Å²) in [7, 11) is 0. The Labute approximate surface area is 162 Å². The molecule has 9 nitrogen and oxygen atoms in total. The third-order valence-electron chi connectivity index (χ3n) is 5.35. The summed E-state index contributed by atoms with van der Waals surface area (Å²) in [6, 6.07) is 5.89. The van der Waals surface area contributed by atoms with E-state index in [1.807, 2.05) is 18.2 Å². The van der Waals surface area contributed by atoms with Crippen molar-refractivity contribution in [2.24, 2.45) is 0 Å². The minimum Gasteiger partial charge on any atom is -0.370 e. The van der Waals surface area contributed by atoms with Crippen molar-refractivity contribution in [3.8, 4) is 0 Å². The van der Waals surface area contributed by atoms with Crippen LogP contribution in [0.15, 0.2) is 29.0 Å². The highest BCUT2D eigenvalue weighted by Gasteiger charge is 2.28. The van der Waals surface area contributed by atoms with Crippen molar-refractivity contribution in [3.63, 3.8) is 0 Å². The van der Waals surface area contributed by atoms with Crippen LogP contribution in [-0.2, 0) is 11.3 Å². The largest absolute Gasteiger partial charge is 0.370 e. The van der Waals surface area contributed by atoms with Crippen molar-refractivity contribution in [2.45, 2.75) is 38.4 Å². The highest BCUT2D eigenvalue weighted by atomic mass is 16.6. The zero-order valence-electron chi connectivity index (χ0n) is 15.7. The lowest BCUT2D eigenvalue weighted by Crippen LogP contribution is -2.41. The number of piperidine rings is 1. The molecule has 9 heteroatoms. The van der Waals surface area contributed by atoms with E-state index < -0.39 is 0 Å². The second-order valence-electron chi connectivity index (χ2n) is 7.32. The Hall–Kier alpha value is -2.81. The van der Waals surface area contributed by atoms with Gasteiger partial charge in [0.2, 0.25) is 11.3 Å². The predicted octanol–water partition coefficient (Wildman–Crippen LogP) is 2.19. The number of fused-ring (bicyclic) bond motifs is 1. The first-order valence-electron chi connectivity index (χ1n) is 9.88. The highest BCUT2D eigenvalue weighted by molar-refractivity contribution is 5.75. The second-order valence-corrected chi connectivity index (χ2v) is 7.32. The maximum absolute atomic E-state index is 6.15. The van der Waals surface area contributed by atoms with Crippen molar-refractivity contribution >= 4 is 22.9 Å². The molecular formula is C19H23N7O2. The molecule has 0 spiro atoms. The molecule has 0 aromatic carbocycles. The molecule has 0 saturated carbocycles. The van der Waals surface area contributed by atoms with Crippen molar-refractivity contribution in [1.82, 2.24) is 25.3 Å². The maximum atomic E-state index is 6.15. The van der Waals surface area contributed by atoms with Crippen molar-refractivity contribution in [3.05, 3.63) is 30.1 Å². The number of hydrogen-bond acceptors (Lipinski definition) is 9. The van der Waals surface area contributed by atoms with E-state index in [0.29, 0.717) is 17.9 Å². The number of pyridine rings is 1. The molecule has 0 bridgehead atoms. The summed E-state index contributed by atoms with van der Waals surface area (Å²) >= 11 is 0. The summed E-state index contributed by atoms with van der Waals surface area (Å²) in [6.45, 7) is 4.21. The van der Waals surface area contributed by atoms with E-state index in [2.05, 4.69) is 25.1 Å². The van der Waals surface area contributed by atoms with Crippen LogP contribution in [0.1, 0.15) is 31.4 Å². The van der Waals surface area contributed by atoms with Crippen LogP contribution < -0.4 is 9.80 Å². The van der Waals surface area contributed by atoms with E-state index in [1.165, 1.54) is 12.8 Å². The summed E-state index contributed by atoms with van der Waals surface area (Å²) in [6.07, 6.45) is 6.35. The van der Waals surface area contributed by atoms with Crippen molar-refractivity contribution in [2.75, 3.05) is 36.0 Å². The fourth-order valence-corrected chi connectivity index (χ4v) is 3.93. The fourth-order valence-electron chi connectivity index (χ4n) is 3.93. The molecule has 2 fully saturated rings. The van der Waals surface area contributed by atoms with E-state index in [4.69, 9.17) is 19.3 Å². The Morgan fingerprint density at radius 1 is 0.964 bits per heavy atom. The summed E-state index contributed by atoms with van der Waals surface area (Å²) < 4.78 is 11.0. The van der Waals surface area contributed by atoms with Gasteiger partial charge in [-0.3, -0.25) is 4.98 Å². The Morgan fingerprint density at radius 2 is 1.71 bits per heavy atom. The first-order valence-corrected chi connectivity index (χ1v) is 9.88. The lowest BCUT2D eigenvalue weighted by atomic mass is 10.1. The van der Waals surface area contributed by atoms with Gasteiger partial charge in [-0.25, -0.2) is 14.6 Å². The van der Waals surface area contributed by atoms with Gasteiger partial charge in [0.25, 0.3) is 0 Å². The number of rotatable bonds is 5. The van der Waals surface area contributed by atoms with Gasteiger partial charge in [0.15, 0.2) is 11.6 Å². The third-order valence-corrected chi connectivity index (χ3v) is 5.35. The SMILES string of the molecule is c1ccc(CO[C@@H]2CCCN(c3nc4nonc4nc3N3CCCC3)C2)nc1. The number of hydrogen-bond donors (Lipinski definition) is 0. The van der Waals surface area contributed by atoms with Crippen LogP contribution in [0, 0.1) is 0 Å². The molecule has 5 heterocycles. The van der Waals surface area contributed by atoms with Gasteiger partial charge in [-0.2, -0.15) is 0 Å². The van der Waals surface area contributed by atoms with Crippen molar-refractivity contribution < 1.29 is 9.37 Å². The molecule has 3 aromatic heterocycles. The first kappa shape index (κ1) is 17.3. The lowest BCUT2D eigenvalue weighted by Gasteiger charge is -2.35. The second kappa shape index (κ2) is 7.67. The lowest BCUT2D eigenvalue weighted by molar-refractivity contribution is 0.0297. The van der Waals surface area contributed by atoms with Crippen LogP contribution in [0.4, 0.5) is 11.6 Å². The number of nitrogens with zero attached hydrogens (tertiary/aromatic N) is 7. The third kappa shape index (κ3) is 3.49. The van der Waals surface area contributed by atoms with Crippen LogP contribution >= 0.6 is 0 Å². The van der Waals surface area contributed by atoms with Crippen LogP contribution in [0.5, 0.6) is 0 Å². The average Bonchev–Trinajstić information content (AvgIpc) is 3.44.